The van der Waals surface area contributed by atoms with Crippen LogP contribution in [0.2, 0.25) is 0 Å². The first-order valence-electron chi connectivity index (χ1n) is 5.70. The van der Waals surface area contributed by atoms with Crippen LogP contribution >= 0.6 is 43.2 Å². The Morgan fingerprint density at radius 3 is 2.72 bits per heavy atom. The van der Waals surface area contributed by atoms with Crippen molar-refractivity contribution in [1.29, 1.82) is 0 Å². The second-order valence-electron chi connectivity index (χ2n) is 5.11. The molecule has 0 N–H and O–H groups in total. The third kappa shape index (κ3) is 3.15. The third-order valence-electron chi connectivity index (χ3n) is 2.71. The van der Waals surface area contributed by atoms with E-state index in [-0.39, 0.29) is 17.6 Å². The molecule has 1 aromatic rings. The second kappa shape index (κ2) is 5.23. The predicted octanol–water partition coefficient (Wildman–Crippen LogP) is 3.91. The topological polar surface area (TPSA) is 29.5 Å². The molecule has 0 radical (unpaired) electrons. The minimum Gasteiger partial charge on any atom is -0.369 e. The van der Waals surface area contributed by atoms with Gasteiger partial charge in [0.15, 0.2) is 0 Å². The van der Waals surface area contributed by atoms with E-state index in [0.29, 0.717) is 13.1 Å². The van der Waals surface area contributed by atoms with Crippen LogP contribution in [0, 0.1) is 0 Å². The lowest BCUT2D eigenvalue weighted by Crippen LogP contribution is -2.53. The minimum absolute atomic E-state index is 0.0737. The molecule has 2 heterocycles. The smallest absolute Gasteiger partial charge is 0.264 e. The fourth-order valence-electron chi connectivity index (χ4n) is 2.22. The number of nitrogens with zero attached hydrogens (tertiary/aromatic N) is 1. The van der Waals surface area contributed by atoms with Crippen LogP contribution in [0.15, 0.2) is 14.3 Å². The summed E-state index contributed by atoms with van der Waals surface area (Å²) in [4.78, 5) is 15.1. The number of morpholine rings is 1. The number of thiophene rings is 1. The molecule has 1 aliphatic heterocycles. The predicted molar refractivity (Wildman–Crippen MR) is 80.2 cm³/mol. The Morgan fingerprint density at radius 2 is 2.22 bits per heavy atom. The number of rotatable bonds is 1. The summed E-state index contributed by atoms with van der Waals surface area (Å²) in [6.07, 6.45) is 0.0737. The van der Waals surface area contributed by atoms with Crippen LogP contribution in [0.4, 0.5) is 0 Å². The van der Waals surface area contributed by atoms with Gasteiger partial charge in [-0.1, -0.05) is 0 Å². The van der Waals surface area contributed by atoms with E-state index in [1.54, 1.807) is 0 Å². The quantitative estimate of drug-likeness (QED) is 0.720. The summed E-state index contributed by atoms with van der Waals surface area (Å²) in [5.74, 6) is 0.0784. The van der Waals surface area contributed by atoms with E-state index in [9.17, 15) is 4.79 Å². The third-order valence-corrected chi connectivity index (χ3v) is 5.96. The summed E-state index contributed by atoms with van der Waals surface area (Å²) in [6, 6.07) is 1.87. The first kappa shape index (κ1) is 14.5. The summed E-state index contributed by atoms with van der Waals surface area (Å²) in [7, 11) is 0. The zero-order valence-corrected chi connectivity index (χ0v) is 14.5. The molecule has 1 unspecified atom stereocenters. The van der Waals surface area contributed by atoms with Crippen molar-refractivity contribution in [3.05, 3.63) is 19.2 Å². The average Bonchev–Trinajstić information content (AvgIpc) is 2.55. The van der Waals surface area contributed by atoms with E-state index in [1.807, 2.05) is 31.7 Å². The maximum Gasteiger partial charge on any atom is 0.264 e. The van der Waals surface area contributed by atoms with E-state index >= 15 is 0 Å². The lowest BCUT2D eigenvalue weighted by Gasteiger charge is -2.41. The highest BCUT2D eigenvalue weighted by Gasteiger charge is 2.34. The van der Waals surface area contributed by atoms with Crippen LogP contribution in [0.25, 0.3) is 0 Å². The zero-order valence-electron chi connectivity index (χ0n) is 10.5. The molecular formula is C12H15Br2NO2S. The first-order chi connectivity index (χ1) is 8.28. The van der Waals surface area contributed by atoms with Gasteiger partial charge in [-0.3, -0.25) is 4.79 Å². The average molecular weight is 397 g/mol. The number of carbonyl (C=O) groups excluding carboxylic acids is 1. The Kier molecular flexibility index (Phi) is 4.21. The molecule has 1 fully saturated rings. The number of amides is 1. The molecule has 1 amide bonds. The Bertz CT molecular complexity index is 453. The van der Waals surface area contributed by atoms with Gasteiger partial charge in [0, 0.05) is 17.6 Å². The zero-order chi connectivity index (χ0) is 13.5. The lowest BCUT2D eigenvalue weighted by atomic mass is 10.1. The van der Waals surface area contributed by atoms with Crippen molar-refractivity contribution >= 4 is 49.1 Å². The Hall–Kier alpha value is 0.0900. The van der Waals surface area contributed by atoms with Crippen LogP contribution < -0.4 is 0 Å². The van der Waals surface area contributed by atoms with Crippen molar-refractivity contribution in [3.8, 4) is 0 Å². The molecule has 0 aromatic carbocycles. The summed E-state index contributed by atoms with van der Waals surface area (Å²) < 4.78 is 7.69. The molecule has 0 spiro atoms. The summed E-state index contributed by atoms with van der Waals surface area (Å²) in [5.41, 5.74) is -0.279. The molecule has 0 saturated carbocycles. The van der Waals surface area contributed by atoms with E-state index in [2.05, 4.69) is 31.9 Å². The number of halogens is 2. The van der Waals surface area contributed by atoms with Gasteiger partial charge in [-0.05, 0) is 58.7 Å². The van der Waals surface area contributed by atoms with Crippen molar-refractivity contribution in [3.63, 3.8) is 0 Å². The summed E-state index contributed by atoms with van der Waals surface area (Å²) in [5, 5.41) is 0. The van der Waals surface area contributed by atoms with Gasteiger partial charge < -0.3 is 9.64 Å². The fraction of sp³-hybridized carbons (Fsp3) is 0.583. The fourth-order valence-corrected chi connectivity index (χ4v) is 4.22. The SMILES string of the molecule is CC1CN(C(=O)c2cc(Br)c(Br)s2)CC(C)(C)O1. The molecule has 6 heteroatoms. The Balaban J connectivity index is 2.18. The van der Waals surface area contributed by atoms with E-state index in [4.69, 9.17) is 4.74 Å². The molecule has 0 aliphatic carbocycles. The van der Waals surface area contributed by atoms with E-state index < -0.39 is 0 Å². The highest BCUT2D eigenvalue weighted by atomic mass is 79.9. The molecule has 2 rings (SSSR count). The van der Waals surface area contributed by atoms with Crippen molar-refractivity contribution < 1.29 is 9.53 Å². The normalized spacial score (nSPS) is 23.2. The van der Waals surface area contributed by atoms with Crippen molar-refractivity contribution in [2.24, 2.45) is 0 Å². The van der Waals surface area contributed by atoms with Crippen molar-refractivity contribution in [1.82, 2.24) is 4.90 Å². The van der Waals surface area contributed by atoms with Crippen LogP contribution in [0.3, 0.4) is 0 Å². The summed E-state index contributed by atoms with van der Waals surface area (Å²) >= 11 is 8.28. The number of carbonyl (C=O) groups is 1. The van der Waals surface area contributed by atoms with Gasteiger partial charge in [0.25, 0.3) is 5.91 Å². The van der Waals surface area contributed by atoms with Gasteiger partial charge in [0.2, 0.25) is 0 Å². The number of hydrogen-bond acceptors (Lipinski definition) is 3. The molecule has 1 aromatic heterocycles. The Labute approximate surface area is 128 Å². The minimum atomic E-state index is -0.279. The van der Waals surface area contributed by atoms with Crippen molar-refractivity contribution in [2.45, 2.75) is 32.5 Å². The highest BCUT2D eigenvalue weighted by molar-refractivity contribution is 9.13. The van der Waals surface area contributed by atoms with Gasteiger partial charge in [0.05, 0.1) is 20.4 Å². The molecule has 1 aliphatic rings. The highest BCUT2D eigenvalue weighted by Crippen LogP contribution is 2.33. The van der Waals surface area contributed by atoms with Gasteiger partial charge in [-0.15, -0.1) is 11.3 Å². The lowest BCUT2D eigenvalue weighted by molar-refractivity contribution is -0.118. The maximum atomic E-state index is 12.4. The van der Waals surface area contributed by atoms with E-state index in [1.165, 1.54) is 11.3 Å². The van der Waals surface area contributed by atoms with Crippen LogP contribution in [0.5, 0.6) is 0 Å². The van der Waals surface area contributed by atoms with Crippen LogP contribution in [0.1, 0.15) is 30.4 Å². The largest absolute Gasteiger partial charge is 0.369 e. The first-order valence-corrected chi connectivity index (χ1v) is 8.11. The monoisotopic (exact) mass is 395 g/mol. The van der Waals surface area contributed by atoms with Gasteiger partial charge in [-0.2, -0.15) is 0 Å². The number of ether oxygens (including phenoxy) is 1. The molecule has 100 valence electrons. The van der Waals surface area contributed by atoms with E-state index in [0.717, 1.165) is 13.1 Å². The molecule has 18 heavy (non-hydrogen) atoms. The Morgan fingerprint density at radius 1 is 1.56 bits per heavy atom. The second-order valence-corrected chi connectivity index (χ2v) is 8.33. The summed E-state index contributed by atoms with van der Waals surface area (Å²) in [6.45, 7) is 7.31. The van der Waals surface area contributed by atoms with Gasteiger partial charge in [0.1, 0.15) is 0 Å². The number of hydrogen-bond donors (Lipinski definition) is 0. The molecule has 0 bridgehead atoms. The molecular weight excluding hydrogens is 382 g/mol. The standard InChI is InChI=1S/C12H15Br2NO2S/c1-7-5-15(6-12(2,3)17-7)11(16)9-4-8(13)10(14)18-9/h4,7H,5-6H2,1-3H3. The molecule has 3 nitrogen and oxygen atoms in total. The van der Waals surface area contributed by atoms with Crippen LogP contribution in [-0.4, -0.2) is 35.6 Å². The molecule has 1 saturated heterocycles. The van der Waals surface area contributed by atoms with Crippen molar-refractivity contribution in [2.75, 3.05) is 13.1 Å². The van der Waals surface area contributed by atoms with Crippen LogP contribution in [-0.2, 0) is 4.74 Å². The molecule has 1 atom stereocenters. The maximum absolute atomic E-state index is 12.4. The van der Waals surface area contributed by atoms with Gasteiger partial charge in [-0.25, -0.2) is 0 Å². The van der Waals surface area contributed by atoms with Gasteiger partial charge >= 0.3 is 0 Å².